The number of unbranched alkanes of at least 4 members (excludes halogenated alkanes) is 33. The third kappa shape index (κ3) is 40.8. The van der Waals surface area contributed by atoms with Gasteiger partial charge in [0.15, 0.2) is 12.4 Å². The maximum atomic E-state index is 13.6. The van der Waals surface area contributed by atoms with E-state index in [9.17, 15) is 43.7 Å². The van der Waals surface area contributed by atoms with E-state index in [1.165, 1.54) is 136 Å². The van der Waals surface area contributed by atoms with Crippen molar-refractivity contribution in [2.45, 2.75) is 371 Å². The normalized spacial score (nSPS) is 22.5. The minimum Gasteiger partial charge on any atom is -0.479 e. The maximum absolute atomic E-state index is 13.6. The predicted octanol–water partition coefficient (Wildman–Crippen LogP) is 14.8. The van der Waals surface area contributed by atoms with Crippen molar-refractivity contribution >= 4 is 31.4 Å². The lowest BCUT2D eigenvalue weighted by Gasteiger charge is -2.47. The van der Waals surface area contributed by atoms with E-state index in [1.54, 1.807) is 0 Å². The molecule has 11 atom stereocenters. The molecule has 528 valence electrons. The number of aliphatic hydroxyl groups is 1. The molecule has 2 rings (SSSR count). The van der Waals surface area contributed by atoms with Gasteiger partial charge in [0.05, 0.1) is 31.8 Å². The molecule has 0 spiro atoms. The van der Waals surface area contributed by atoms with Gasteiger partial charge in [0.2, 0.25) is 11.8 Å². The molecule has 2 heterocycles. The maximum Gasteiger partial charge on any atom is 0.470 e. The Labute approximate surface area is 545 Å². The van der Waals surface area contributed by atoms with Crippen LogP contribution in [-0.4, -0.2) is 151 Å². The van der Waals surface area contributed by atoms with Gasteiger partial charge in [-0.3, -0.25) is 18.9 Å². The number of ketones is 1. The fourth-order valence-corrected chi connectivity index (χ4v) is 12.8. The van der Waals surface area contributed by atoms with Gasteiger partial charge >= 0.3 is 13.8 Å². The highest BCUT2D eigenvalue weighted by molar-refractivity contribution is 7.46. The number of hydrogen-bond acceptors (Lipinski definition) is 14. The molecule has 2 aliphatic rings. The highest BCUT2D eigenvalue weighted by Gasteiger charge is 2.53. The molecule has 0 aromatic rings. The average Bonchev–Trinajstić information content (AvgIpc) is 0.871. The second-order valence-corrected chi connectivity index (χ2v) is 26.9. The van der Waals surface area contributed by atoms with Crippen molar-refractivity contribution in [3.05, 3.63) is 12.2 Å². The number of carbonyl (C=O) groups is 4. The molecule has 0 saturated carbocycles. The number of carbonyl (C=O) groups excluding carboxylic acids is 3. The van der Waals surface area contributed by atoms with Gasteiger partial charge in [-0.1, -0.05) is 239 Å². The van der Waals surface area contributed by atoms with Crippen LogP contribution in [0.1, 0.15) is 304 Å². The fourth-order valence-electron chi connectivity index (χ4n) is 12.2. The molecule has 2 unspecified atom stereocenters. The molecule has 0 aromatic carbocycles. The van der Waals surface area contributed by atoms with Crippen LogP contribution in [0, 0.1) is 0 Å². The minimum absolute atomic E-state index is 0.0435. The number of phosphoric ester groups is 1. The topological polar surface area (TPSA) is 264 Å². The van der Waals surface area contributed by atoms with E-state index >= 15 is 0 Å². The Bertz CT molecular complexity index is 1860. The van der Waals surface area contributed by atoms with Crippen molar-refractivity contribution in [2.24, 2.45) is 0 Å². The van der Waals surface area contributed by atoms with Gasteiger partial charge in [0.1, 0.15) is 48.4 Å². The van der Waals surface area contributed by atoms with Crippen LogP contribution in [0.4, 0.5) is 0 Å². The van der Waals surface area contributed by atoms with Crippen LogP contribution in [0.3, 0.4) is 0 Å². The number of amides is 2. The van der Waals surface area contributed by atoms with Crippen LogP contribution in [0.25, 0.3) is 0 Å². The summed E-state index contributed by atoms with van der Waals surface area (Å²) < 4.78 is 61.9. The van der Waals surface area contributed by atoms with Gasteiger partial charge in [-0.2, -0.15) is 0 Å². The molecule has 2 saturated heterocycles. The molecular formula is C70H131N2O17P. The quantitative estimate of drug-likeness (QED) is 0.0143. The highest BCUT2D eigenvalue weighted by Crippen LogP contribution is 2.42. The first-order chi connectivity index (χ1) is 43.6. The zero-order valence-electron chi connectivity index (χ0n) is 57.3. The zero-order valence-corrected chi connectivity index (χ0v) is 58.2. The van der Waals surface area contributed by atoms with Gasteiger partial charge in [-0.05, 0) is 57.8 Å². The predicted molar refractivity (Wildman–Crippen MR) is 355 cm³/mol. The number of hydrogen-bond donors (Lipinski definition) is 6. The molecule has 2 aliphatic heterocycles. The van der Waals surface area contributed by atoms with E-state index < -0.39 is 99.7 Å². The highest BCUT2D eigenvalue weighted by atomic mass is 31.2. The Kier molecular flexibility index (Phi) is 51.0. The summed E-state index contributed by atoms with van der Waals surface area (Å²) in [6, 6.07) is -2.67. The van der Waals surface area contributed by atoms with E-state index in [2.05, 4.69) is 50.5 Å². The number of phosphoric acid groups is 1. The van der Waals surface area contributed by atoms with Gasteiger partial charge in [0, 0.05) is 40.3 Å². The van der Waals surface area contributed by atoms with Crippen LogP contribution in [-0.2, 0) is 61.4 Å². The summed E-state index contributed by atoms with van der Waals surface area (Å²) in [5.74, 6) is -2.99. The van der Waals surface area contributed by atoms with Gasteiger partial charge in [-0.15, -0.1) is 0 Å². The number of rotatable bonds is 61. The van der Waals surface area contributed by atoms with Crippen molar-refractivity contribution < 1.29 is 81.4 Å². The largest absolute Gasteiger partial charge is 0.479 e. The van der Waals surface area contributed by atoms with E-state index in [4.69, 9.17) is 37.7 Å². The number of allylic oxidation sites excluding steroid dienone is 2. The smallest absolute Gasteiger partial charge is 0.470 e. The van der Waals surface area contributed by atoms with Crippen LogP contribution in [0.5, 0.6) is 0 Å². The molecule has 0 aromatic heterocycles. The monoisotopic (exact) mass is 1300 g/mol. The Morgan fingerprint density at radius 3 is 1.51 bits per heavy atom. The summed E-state index contributed by atoms with van der Waals surface area (Å²) >= 11 is 0. The molecule has 6 N–H and O–H groups in total. The number of ether oxygens (including phenoxy) is 7. The molecule has 2 fully saturated rings. The van der Waals surface area contributed by atoms with E-state index in [-0.39, 0.29) is 38.1 Å². The summed E-state index contributed by atoms with van der Waals surface area (Å²) in [4.78, 5) is 73.6. The minimum atomic E-state index is -5.23. The summed E-state index contributed by atoms with van der Waals surface area (Å²) in [7, 11) is -3.86. The molecule has 2 amide bonds. The van der Waals surface area contributed by atoms with E-state index in [0.29, 0.717) is 25.9 Å². The first kappa shape index (κ1) is 83.7. The van der Waals surface area contributed by atoms with E-state index in [0.717, 1.165) is 116 Å². The average molecular weight is 1300 g/mol. The number of aliphatic hydroxyl groups excluding tert-OH is 1. The third-order valence-corrected chi connectivity index (χ3v) is 18.0. The van der Waals surface area contributed by atoms with Crippen molar-refractivity contribution in [2.75, 3.05) is 40.1 Å². The Morgan fingerprint density at radius 1 is 0.522 bits per heavy atom. The van der Waals surface area contributed by atoms with Crippen LogP contribution >= 0.6 is 7.82 Å². The molecule has 0 bridgehead atoms. The van der Waals surface area contributed by atoms with Crippen molar-refractivity contribution in [1.82, 2.24) is 10.6 Å². The first-order valence-electron chi connectivity index (χ1n) is 36.2. The first-order valence-corrected chi connectivity index (χ1v) is 37.8. The molecule has 90 heavy (non-hydrogen) atoms. The Hall–Kier alpha value is -2.39. The van der Waals surface area contributed by atoms with E-state index in [1.807, 2.05) is 0 Å². The second kappa shape index (κ2) is 54.8. The molecule has 20 heteroatoms. The second-order valence-electron chi connectivity index (χ2n) is 25.7. The number of nitrogens with one attached hydrogen (secondary N) is 2. The Morgan fingerprint density at radius 2 is 1.00 bits per heavy atom. The molecular weight excluding hydrogens is 1170 g/mol. The van der Waals surface area contributed by atoms with Crippen LogP contribution in [0.2, 0.25) is 0 Å². The molecule has 19 nitrogen and oxygen atoms in total. The molecule has 0 radical (unpaired) electrons. The van der Waals surface area contributed by atoms with Crippen molar-refractivity contribution in [3.63, 3.8) is 0 Å². The fraction of sp³-hybridized carbons (Fsp3) is 0.914. The van der Waals surface area contributed by atoms with Gasteiger partial charge in [0.25, 0.3) is 0 Å². The summed E-state index contributed by atoms with van der Waals surface area (Å²) in [6.07, 6.45) is 36.2. The third-order valence-electron chi connectivity index (χ3n) is 17.4. The number of carboxylic acids is 1. The Balaban J connectivity index is 2.34. The lowest BCUT2D eigenvalue weighted by molar-refractivity contribution is -0.290. The lowest BCUT2D eigenvalue weighted by atomic mass is 9.91. The van der Waals surface area contributed by atoms with Gasteiger partial charge in [-0.25, -0.2) is 9.36 Å². The standard InChI is InChI=1S/C70H131N2O17P/c1-7-11-15-19-23-27-29-30-34-37-41-45-50-83-58(48-44-40-36-32-26-22-18-14-10-4)49-52-85-67-63(71-56(5)73)70(88-60(54-82-6)65(67)89-90(79,80)81)86-55-59-64(76)66(84-51-46-42-38-33-28-24-20-16-12-8-2)62(68(87-59)69(77)78)72-61(75)53-57(74)47-43-39-35-31-25-21-17-13-9-3/h27,29,58-60,62-68,70,76H,7-26,28,30-55H2,1-6H3,(H,71,73)(H,72,75)(H,77,78)(H2,79,80,81)/b29-27-/t58?,59-,60-,62-,63-,64-,65-,66-,67-,68+,70?/m1/s1. The van der Waals surface area contributed by atoms with Crippen LogP contribution in [0.15, 0.2) is 12.2 Å². The molecule has 0 aliphatic carbocycles. The number of carboxylic acid groups (broad SMARTS) is 1. The SMILES string of the molecule is CCCCCC/C=C\CCCCCCOC(CCCCCCCCCCC)CCO[C@H]1[C@H](OP(=O)(O)O)[C@@H](COC)OC(OC[C@H]2O[C@H](C(=O)O)[C@H](NC(=O)CC(=O)CCCCCCCCCCC)[C@@H](OCCCCCCCCCCCC)[C@@H]2O)[C@@H]1NC(C)=O. The number of methoxy groups -OCH3 is 1. The summed E-state index contributed by atoms with van der Waals surface area (Å²) in [6.45, 7) is 10.1. The van der Waals surface area contributed by atoms with Crippen molar-refractivity contribution in [3.8, 4) is 0 Å². The van der Waals surface area contributed by atoms with Gasteiger partial charge < -0.3 is 63.8 Å². The summed E-state index contributed by atoms with van der Waals surface area (Å²) in [5.41, 5.74) is 0. The number of Topliss-reactive ketones (excluding diaryl/α,β-unsaturated/α-hetero) is 1. The zero-order chi connectivity index (χ0) is 65.9. The lowest BCUT2D eigenvalue weighted by Crippen LogP contribution is -2.68. The number of aliphatic carboxylic acids is 1. The van der Waals surface area contributed by atoms with Crippen LogP contribution < -0.4 is 10.6 Å². The summed E-state index contributed by atoms with van der Waals surface area (Å²) in [5, 5.41) is 28.4. The van der Waals surface area contributed by atoms with Crippen molar-refractivity contribution in [1.29, 1.82) is 0 Å².